The Morgan fingerprint density at radius 2 is 2.12 bits per heavy atom. The van der Waals surface area contributed by atoms with Gasteiger partial charge in [-0.05, 0) is 32.2 Å². The summed E-state index contributed by atoms with van der Waals surface area (Å²) in [6.45, 7) is 9.98. The van der Waals surface area contributed by atoms with E-state index in [9.17, 15) is 4.79 Å². The molecule has 0 saturated carbocycles. The molecule has 1 N–H and O–H groups in total. The maximum absolute atomic E-state index is 12.2. The van der Waals surface area contributed by atoms with Crippen LogP contribution in [-0.4, -0.2) is 25.2 Å². The van der Waals surface area contributed by atoms with Crippen molar-refractivity contribution in [3.63, 3.8) is 0 Å². The lowest BCUT2D eigenvalue weighted by molar-refractivity contribution is -0.162. The molecule has 2 atom stereocenters. The van der Waals surface area contributed by atoms with Crippen molar-refractivity contribution < 1.29 is 9.53 Å². The molecule has 0 radical (unpaired) electrons. The van der Waals surface area contributed by atoms with E-state index in [2.05, 4.69) is 26.1 Å². The van der Waals surface area contributed by atoms with Crippen LogP contribution in [0, 0.1) is 11.3 Å². The van der Waals surface area contributed by atoms with Crippen molar-refractivity contribution in [1.82, 2.24) is 5.32 Å². The van der Waals surface area contributed by atoms with E-state index in [4.69, 9.17) is 4.74 Å². The highest BCUT2D eigenvalue weighted by molar-refractivity contribution is 5.77. The van der Waals surface area contributed by atoms with E-state index >= 15 is 0 Å². The van der Waals surface area contributed by atoms with Gasteiger partial charge >= 0.3 is 5.97 Å². The first-order valence-corrected chi connectivity index (χ1v) is 6.43. The van der Waals surface area contributed by atoms with Gasteiger partial charge in [0.1, 0.15) is 6.10 Å². The number of esters is 1. The Kier molecular flexibility index (Phi) is 4.78. The minimum absolute atomic E-state index is 0.000509. The van der Waals surface area contributed by atoms with Crippen LogP contribution in [0.5, 0.6) is 0 Å². The van der Waals surface area contributed by atoms with Gasteiger partial charge in [-0.25, -0.2) is 0 Å². The zero-order chi connectivity index (χ0) is 12.2. The Hall–Kier alpha value is -0.570. The molecule has 1 fully saturated rings. The maximum Gasteiger partial charge on any atom is 0.313 e. The molecule has 0 spiro atoms. The van der Waals surface area contributed by atoms with Crippen LogP contribution in [0.15, 0.2) is 0 Å². The Morgan fingerprint density at radius 1 is 1.44 bits per heavy atom. The molecule has 1 saturated heterocycles. The van der Waals surface area contributed by atoms with Gasteiger partial charge in [0.2, 0.25) is 0 Å². The molecule has 1 heterocycles. The van der Waals surface area contributed by atoms with E-state index in [0.29, 0.717) is 5.92 Å². The Bertz CT molecular complexity index is 232. The monoisotopic (exact) mass is 227 g/mol. The molecule has 2 unspecified atom stereocenters. The van der Waals surface area contributed by atoms with Crippen LogP contribution in [0.4, 0.5) is 0 Å². The summed E-state index contributed by atoms with van der Waals surface area (Å²) < 4.78 is 5.57. The largest absolute Gasteiger partial charge is 0.462 e. The van der Waals surface area contributed by atoms with Gasteiger partial charge in [-0.15, -0.1) is 0 Å². The number of ether oxygens (including phenoxy) is 1. The average molecular weight is 227 g/mol. The molecule has 0 aromatic heterocycles. The first-order chi connectivity index (χ1) is 7.52. The molecule has 0 aromatic rings. The molecule has 0 bridgehead atoms. The summed E-state index contributed by atoms with van der Waals surface area (Å²) in [5.41, 5.74) is -0.252. The zero-order valence-electron chi connectivity index (χ0n) is 11.0. The maximum atomic E-state index is 12.2. The van der Waals surface area contributed by atoms with E-state index in [1.807, 2.05) is 6.92 Å². The molecular weight excluding hydrogens is 202 g/mol. The summed E-state index contributed by atoms with van der Waals surface area (Å²) in [5.74, 6) is 0.387. The van der Waals surface area contributed by atoms with Crippen LogP contribution in [-0.2, 0) is 9.53 Å². The summed E-state index contributed by atoms with van der Waals surface area (Å²) in [6, 6.07) is 0. The van der Waals surface area contributed by atoms with Crippen molar-refractivity contribution in [2.75, 3.05) is 13.1 Å². The molecule has 3 heteroatoms. The highest BCUT2D eigenvalue weighted by atomic mass is 16.5. The van der Waals surface area contributed by atoms with Crippen molar-refractivity contribution in [3.8, 4) is 0 Å². The van der Waals surface area contributed by atoms with Gasteiger partial charge in [-0.3, -0.25) is 4.79 Å². The number of hydrogen-bond acceptors (Lipinski definition) is 3. The van der Waals surface area contributed by atoms with Crippen LogP contribution < -0.4 is 5.32 Å². The second-order valence-electron chi connectivity index (χ2n) is 5.31. The number of nitrogens with one attached hydrogen (secondary N) is 1. The van der Waals surface area contributed by atoms with Gasteiger partial charge in [0.15, 0.2) is 0 Å². The zero-order valence-corrected chi connectivity index (χ0v) is 11.0. The fraction of sp³-hybridized carbons (Fsp3) is 0.923. The van der Waals surface area contributed by atoms with E-state index in [1.54, 1.807) is 0 Å². The first-order valence-electron chi connectivity index (χ1n) is 6.43. The second kappa shape index (κ2) is 5.67. The summed E-state index contributed by atoms with van der Waals surface area (Å²) >= 11 is 0. The smallest absolute Gasteiger partial charge is 0.313 e. The molecule has 16 heavy (non-hydrogen) atoms. The highest BCUT2D eigenvalue weighted by Crippen LogP contribution is 2.33. The normalized spacial score (nSPS) is 27.1. The number of carbonyl (C=O) groups is 1. The van der Waals surface area contributed by atoms with E-state index < -0.39 is 0 Å². The first kappa shape index (κ1) is 13.5. The van der Waals surface area contributed by atoms with Crippen molar-refractivity contribution in [2.24, 2.45) is 11.3 Å². The third-order valence-corrected chi connectivity index (χ3v) is 3.64. The molecule has 94 valence electrons. The van der Waals surface area contributed by atoms with Gasteiger partial charge in [-0.1, -0.05) is 27.2 Å². The van der Waals surface area contributed by atoms with Crippen LogP contribution in [0.2, 0.25) is 0 Å². The van der Waals surface area contributed by atoms with Gasteiger partial charge in [-0.2, -0.15) is 0 Å². The van der Waals surface area contributed by atoms with Crippen LogP contribution in [0.1, 0.15) is 47.0 Å². The number of hydrogen-bond donors (Lipinski definition) is 1. The summed E-state index contributed by atoms with van der Waals surface area (Å²) in [5, 5.41) is 3.28. The van der Waals surface area contributed by atoms with Crippen LogP contribution >= 0.6 is 0 Å². The summed E-state index contributed by atoms with van der Waals surface area (Å²) in [7, 11) is 0. The molecule has 1 rings (SSSR count). The standard InChI is InChI=1S/C13H25NO2/c1-5-6-13(7-8-14-9-13)12(15)16-11(4)10(2)3/h10-11,14H,5-9H2,1-4H3. The predicted octanol–water partition coefficient (Wildman–Crippen LogP) is 2.35. The highest BCUT2D eigenvalue weighted by Gasteiger charge is 2.42. The van der Waals surface area contributed by atoms with E-state index in [1.165, 1.54) is 0 Å². The summed E-state index contributed by atoms with van der Waals surface area (Å²) in [6.07, 6.45) is 2.91. The van der Waals surface area contributed by atoms with Gasteiger partial charge in [0.05, 0.1) is 5.41 Å². The molecule has 0 aliphatic carbocycles. The minimum atomic E-state index is -0.252. The van der Waals surface area contributed by atoms with Crippen molar-refractivity contribution in [1.29, 1.82) is 0 Å². The third kappa shape index (κ3) is 2.97. The fourth-order valence-corrected chi connectivity index (χ4v) is 2.14. The van der Waals surface area contributed by atoms with Crippen LogP contribution in [0.3, 0.4) is 0 Å². The lowest BCUT2D eigenvalue weighted by atomic mass is 9.82. The topological polar surface area (TPSA) is 38.3 Å². The SMILES string of the molecule is CCCC1(C(=O)OC(C)C(C)C)CCNC1. The Labute approximate surface area is 98.9 Å². The molecule has 1 aliphatic heterocycles. The van der Waals surface area contributed by atoms with Crippen molar-refractivity contribution >= 4 is 5.97 Å². The molecule has 3 nitrogen and oxygen atoms in total. The third-order valence-electron chi connectivity index (χ3n) is 3.64. The molecule has 1 aliphatic rings. The lowest BCUT2D eigenvalue weighted by Gasteiger charge is -2.28. The Morgan fingerprint density at radius 3 is 2.56 bits per heavy atom. The van der Waals surface area contributed by atoms with Gasteiger partial charge in [0, 0.05) is 6.54 Å². The van der Waals surface area contributed by atoms with E-state index in [0.717, 1.165) is 32.4 Å². The molecular formula is C13H25NO2. The Balaban J connectivity index is 2.61. The molecule has 0 aromatic carbocycles. The summed E-state index contributed by atoms with van der Waals surface area (Å²) in [4.78, 5) is 12.2. The predicted molar refractivity (Wildman–Crippen MR) is 65.2 cm³/mol. The number of rotatable bonds is 5. The quantitative estimate of drug-likeness (QED) is 0.733. The van der Waals surface area contributed by atoms with Crippen molar-refractivity contribution in [2.45, 2.75) is 53.1 Å². The van der Waals surface area contributed by atoms with Crippen molar-refractivity contribution in [3.05, 3.63) is 0 Å². The van der Waals surface area contributed by atoms with E-state index in [-0.39, 0.29) is 17.5 Å². The second-order valence-corrected chi connectivity index (χ2v) is 5.31. The fourth-order valence-electron chi connectivity index (χ4n) is 2.14. The van der Waals surface area contributed by atoms with Gasteiger partial charge in [0.25, 0.3) is 0 Å². The van der Waals surface area contributed by atoms with Crippen LogP contribution in [0.25, 0.3) is 0 Å². The van der Waals surface area contributed by atoms with Gasteiger partial charge < -0.3 is 10.1 Å². The number of carbonyl (C=O) groups excluding carboxylic acids is 1. The molecule has 0 amide bonds. The minimum Gasteiger partial charge on any atom is -0.462 e. The average Bonchev–Trinajstić information content (AvgIpc) is 2.68. The lowest BCUT2D eigenvalue weighted by Crippen LogP contribution is -2.37.